The van der Waals surface area contributed by atoms with Crippen LogP contribution in [0.2, 0.25) is 0 Å². The van der Waals surface area contributed by atoms with Gasteiger partial charge in [0.1, 0.15) is 0 Å². The quantitative estimate of drug-likeness (QED) is 0.649. The Balaban J connectivity index is 1.58. The number of aromatic nitrogens is 2. The molecule has 5 heteroatoms. The molecule has 27 heavy (non-hydrogen) atoms. The van der Waals surface area contributed by atoms with E-state index in [2.05, 4.69) is 27.9 Å². The molecule has 1 aromatic carbocycles. The van der Waals surface area contributed by atoms with Crippen molar-refractivity contribution in [3.63, 3.8) is 0 Å². The van der Waals surface area contributed by atoms with Crippen LogP contribution in [0.25, 0.3) is 10.9 Å². The Bertz CT molecular complexity index is 934. The van der Waals surface area contributed by atoms with Crippen LogP contribution in [0.15, 0.2) is 54.9 Å². The molecule has 3 aromatic rings. The van der Waals surface area contributed by atoms with Gasteiger partial charge >= 0.3 is 0 Å². The number of amides is 1. The molecule has 4 rings (SSSR count). The summed E-state index contributed by atoms with van der Waals surface area (Å²) in [6, 6.07) is 13.8. The molecule has 0 N–H and O–H groups in total. The summed E-state index contributed by atoms with van der Waals surface area (Å²) in [5.41, 5.74) is 2.82. The number of nitrogens with zero attached hydrogens (tertiary/aromatic N) is 3. The van der Waals surface area contributed by atoms with Gasteiger partial charge in [-0.15, -0.1) is 0 Å². The van der Waals surface area contributed by atoms with Crippen LogP contribution >= 0.6 is 0 Å². The average Bonchev–Trinajstić information content (AvgIpc) is 3.05. The molecule has 5 nitrogen and oxygen atoms in total. The van der Waals surface area contributed by atoms with Gasteiger partial charge in [-0.1, -0.05) is 6.07 Å². The minimum Gasteiger partial charge on any atom is -0.382 e. The predicted molar refractivity (Wildman–Crippen MR) is 106 cm³/mol. The number of hydrogen-bond acceptors (Lipinski definition) is 3. The molecule has 0 saturated carbocycles. The standard InChI is InChI=1S/C22H25N3O2/c1-2-27-12-9-17-14-24-11-4-6-20(24)16-25(15-17)22(26)19-7-8-21-18(13-19)5-3-10-23-21/h3-8,10-11,13,17H,2,9,12,14-16H2,1H3/t17-/m0/s1. The number of carbonyl (C=O) groups is 1. The highest BCUT2D eigenvalue weighted by Gasteiger charge is 2.25. The van der Waals surface area contributed by atoms with Gasteiger partial charge in [-0.3, -0.25) is 9.78 Å². The summed E-state index contributed by atoms with van der Waals surface area (Å²) in [7, 11) is 0. The van der Waals surface area contributed by atoms with E-state index in [1.165, 1.54) is 5.69 Å². The first kappa shape index (κ1) is 17.7. The Morgan fingerprint density at radius 1 is 1.22 bits per heavy atom. The van der Waals surface area contributed by atoms with Crippen LogP contribution < -0.4 is 0 Å². The van der Waals surface area contributed by atoms with E-state index in [4.69, 9.17) is 4.74 Å². The topological polar surface area (TPSA) is 47.4 Å². The molecule has 0 aliphatic carbocycles. The molecular weight excluding hydrogens is 338 g/mol. The molecule has 0 spiro atoms. The zero-order valence-corrected chi connectivity index (χ0v) is 15.7. The van der Waals surface area contributed by atoms with E-state index in [0.29, 0.717) is 12.5 Å². The maximum atomic E-state index is 13.3. The minimum atomic E-state index is 0.0804. The van der Waals surface area contributed by atoms with Crippen LogP contribution in [-0.4, -0.2) is 40.1 Å². The largest absolute Gasteiger partial charge is 0.382 e. The number of pyridine rings is 1. The third-order valence-corrected chi connectivity index (χ3v) is 5.22. The Labute approximate surface area is 159 Å². The number of benzene rings is 1. The second-order valence-electron chi connectivity index (χ2n) is 7.10. The molecule has 0 fully saturated rings. The van der Waals surface area contributed by atoms with Gasteiger partial charge in [0.05, 0.1) is 12.1 Å². The van der Waals surface area contributed by atoms with Gasteiger partial charge in [0.25, 0.3) is 5.91 Å². The third kappa shape index (κ3) is 3.88. The second-order valence-corrected chi connectivity index (χ2v) is 7.10. The van der Waals surface area contributed by atoms with E-state index in [1.807, 2.05) is 42.2 Å². The molecule has 0 bridgehead atoms. The lowest BCUT2D eigenvalue weighted by Crippen LogP contribution is -2.34. The van der Waals surface area contributed by atoms with Gasteiger partial charge in [-0.25, -0.2) is 0 Å². The number of rotatable bonds is 5. The fraction of sp³-hybridized carbons (Fsp3) is 0.364. The molecule has 3 heterocycles. The summed E-state index contributed by atoms with van der Waals surface area (Å²) < 4.78 is 7.83. The summed E-state index contributed by atoms with van der Waals surface area (Å²) in [6.07, 6.45) is 4.84. The summed E-state index contributed by atoms with van der Waals surface area (Å²) >= 11 is 0. The number of hydrogen-bond donors (Lipinski definition) is 0. The Kier molecular flexibility index (Phi) is 5.21. The van der Waals surface area contributed by atoms with Crippen LogP contribution in [-0.2, 0) is 17.8 Å². The lowest BCUT2D eigenvalue weighted by Gasteiger charge is -2.24. The lowest BCUT2D eigenvalue weighted by molar-refractivity contribution is 0.0695. The first-order valence-corrected chi connectivity index (χ1v) is 9.60. The molecule has 1 atom stereocenters. The molecular formula is C22H25N3O2. The number of fused-ring (bicyclic) bond motifs is 2. The van der Waals surface area contributed by atoms with E-state index in [9.17, 15) is 4.79 Å². The molecule has 0 radical (unpaired) electrons. The highest BCUT2D eigenvalue weighted by Crippen LogP contribution is 2.22. The van der Waals surface area contributed by atoms with E-state index < -0.39 is 0 Å². The van der Waals surface area contributed by atoms with Crippen molar-refractivity contribution < 1.29 is 9.53 Å². The Morgan fingerprint density at radius 3 is 3.04 bits per heavy atom. The first-order chi connectivity index (χ1) is 13.2. The van der Waals surface area contributed by atoms with Crippen molar-refractivity contribution in [2.75, 3.05) is 19.8 Å². The van der Waals surface area contributed by atoms with Crippen LogP contribution in [0, 0.1) is 5.92 Å². The van der Waals surface area contributed by atoms with Crippen molar-refractivity contribution in [2.45, 2.75) is 26.4 Å². The van der Waals surface area contributed by atoms with Gasteiger partial charge in [0.2, 0.25) is 0 Å². The zero-order chi connectivity index (χ0) is 18.6. The summed E-state index contributed by atoms with van der Waals surface area (Å²) in [5, 5.41) is 0.995. The van der Waals surface area contributed by atoms with Gasteiger partial charge in [-0.2, -0.15) is 0 Å². The summed E-state index contributed by atoms with van der Waals surface area (Å²) in [5.74, 6) is 0.466. The van der Waals surface area contributed by atoms with Crippen molar-refractivity contribution >= 4 is 16.8 Å². The van der Waals surface area contributed by atoms with Gasteiger partial charge < -0.3 is 14.2 Å². The molecule has 1 amide bonds. The van der Waals surface area contributed by atoms with Crippen molar-refractivity contribution in [2.24, 2.45) is 5.92 Å². The third-order valence-electron chi connectivity index (χ3n) is 5.22. The van der Waals surface area contributed by atoms with Crippen LogP contribution in [0.4, 0.5) is 0 Å². The van der Waals surface area contributed by atoms with Crippen molar-refractivity contribution in [1.29, 1.82) is 0 Å². The van der Waals surface area contributed by atoms with Crippen LogP contribution in [0.1, 0.15) is 29.4 Å². The molecule has 2 aromatic heterocycles. The highest BCUT2D eigenvalue weighted by atomic mass is 16.5. The fourth-order valence-electron chi connectivity index (χ4n) is 3.80. The SMILES string of the molecule is CCOCC[C@@H]1CN(C(=O)c2ccc3ncccc3c2)Cc2cccn2C1. The average molecular weight is 363 g/mol. The van der Waals surface area contributed by atoms with Gasteiger partial charge in [0, 0.05) is 55.3 Å². The maximum absolute atomic E-state index is 13.3. The Hall–Kier alpha value is -2.66. The predicted octanol–water partition coefficient (Wildman–Crippen LogP) is 3.74. The van der Waals surface area contributed by atoms with Crippen molar-refractivity contribution in [3.8, 4) is 0 Å². The number of carbonyl (C=O) groups excluding carboxylic acids is 1. The van der Waals surface area contributed by atoms with Crippen LogP contribution in [0.5, 0.6) is 0 Å². The van der Waals surface area contributed by atoms with Crippen LogP contribution in [0.3, 0.4) is 0 Å². The van der Waals surface area contributed by atoms with E-state index in [1.54, 1.807) is 6.20 Å². The molecule has 140 valence electrons. The van der Waals surface area contributed by atoms with Crippen molar-refractivity contribution in [1.82, 2.24) is 14.5 Å². The zero-order valence-electron chi connectivity index (χ0n) is 15.7. The smallest absolute Gasteiger partial charge is 0.254 e. The maximum Gasteiger partial charge on any atom is 0.254 e. The number of ether oxygens (including phenoxy) is 1. The second kappa shape index (κ2) is 7.92. The minimum absolute atomic E-state index is 0.0804. The Morgan fingerprint density at radius 2 is 2.15 bits per heavy atom. The summed E-state index contributed by atoms with van der Waals surface area (Å²) in [4.78, 5) is 19.6. The van der Waals surface area contributed by atoms with Gasteiger partial charge in [-0.05, 0) is 55.7 Å². The van der Waals surface area contributed by atoms with E-state index in [0.717, 1.165) is 49.2 Å². The first-order valence-electron chi connectivity index (χ1n) is 9.60. The normalized spacial score (nSPS) is 16.9. The molecule has 1 aliphatic heterocycles. The van der Waals surface area contributed by atoms with E-state index >= 15 is 0 Å². The fourth-order valence-corrected chi connectivity index (χ4v) is 3.80. The van der Waals surface area contributed by atoms with E-state index in [-0.39, 0.29) is 5.91 Å². The lowest BCUT2D eigenvalue weighted by atomic mass is 10.0. The van der Waals surface area contributed by atoms with Crippen molar-refractivity contribution in [3.05, 3.63) is 66.1 Å². The highest BCUT2D eigenvalue weighted by molar-refractivity contribution is 5.97. The van der Waals surface area contributed by atoms with Gasteiger partial charge in [0.15, 0.2) is 0 Å². The summed E-state index contributed by atoms with van der Waals surface area (Å²) in [6.45, 7) is 5.81. The monoisotopic (exact) mass is 363 g/mol. The molecule has 1 aliphatic rings. The molecule has 0 saturated heterocycles. The molecule has 0 unspecified atom stereocenters.